The molecule has 28 heavy (non-hydrogen) atoms. The number of carbonyl (C=O) groups is 1. The lowest BCUT2D eigenvalue weighted by Gasteiger charge is -2.16. The average Bonchev–Trinajstić information content (AvgIpc) is 3.16. The van der Waals surface area contributed by atoms with Crippen LogP contribution in [0.15, 0.2) is 59.6 Å². The van der Waals surface area contributed by atoms with Gasteiger partial charge in [0.1, 0.15) is 5.75 Å². The van der Waals surface area contributed by atoms with Crippen LogP contribution in [0.4, 0.5) is 0 Å². The second kappa shape index (κ2) is 8.71. The van der Waals surface area contributed by atoms with E-state index in [1.165, 1.54) is 4.90 Å². The van der Waals surface area contributed by atoms with Crippen LogP contribution < -0.4 is 4.74 Å². The minimum absolute atomic E-state index is 0.154. The van der Waals surface area contributed by atoms with Crippen molar-refractivity contribution in [3.63, 3.8) is 0 Å². The molecule has 0 atom stereocenters. The van der Waals surface area contributed by atoms with Gasteiger partial charge < -0.3 is 14.2 Å². The summed E-state index contributed by atoms with van der Waals surface area (Å²) < 4.78 is 10.6. The molecule has 6 nitrogen and oxygen atoms in total. The summed E-state index contributed by atoms with van der Waals surface area (Å²) in [4.78, 5) is 18.7. The molecule has 0 spiro atoms. The number of aromatic nitrogens is 2. The van der Waals surface area contributed by atoms with Crippen LogP contribution in [0.3, 0.4) is 0 Å². The second-order valence-corrected chi connectivity index (χ2v) is 6.64. The van der Waals surface area contributed by atoms with E-state index in [4.69, 9.17) is 20.9 Å². The van der Waals surface area contributed by atoms with Gasteiger partial charge in [0.25, 0.3) is 5.91 Å². The molecule has 1 heterocycles. The van der Waals surface area contributed by atoms with E-state index in [1.807, 2.05) is 18.2 Å². The molecule has 0 aliphatic carbocycles. The molecule has 3 aromatic rings. The third kappa shape index (κ3) is 4.40. The maximum absolute atomic E-state index is 12.8. The highest BCUT2D eigenvalue weighted by Crippen LogP contribution is 2.22. The minimum Gasteiger partial charge on any atom is -0.496 e. The molecule has 0 aliphatic rings. The van der Waals surface area contributed by atoms with E-state index in [1.54, 1.807) is 44.5 Å². The third-order valence-corrected chi connectivity index (χ3v) is 4.43. The SMILES string of the molecule is C=CCc1cc(C(=O)N(C)Cc2nc(-c3ccc(Cl)cc3)no2)ccc1OC. The third-order valence-electron chi connectivity index (χ3n) is 4.18. The van der Waals surface area contributed by atoms with Crippen molar-refractivity contribution in [2.75, 3.05) is 14.2 Å². The maximum atomic E-state index is 12.8. The molecular weight excluding hydrogens is 378 g/mol. The van der Waals surface area contributed by atoms with Crippen LogP contribution in [0.25, 0.3) is 11.4 Å². The summed E-state index contributed by atoms with van der Waals surface area (Å²) in [5, 5.41) is 4.60. The number of methoxy groups -OCH3 is 1. The number of rotatable bonds is 7. The van der Waals surface area contributed by atoms with Crippen molar-refractivity contribution < 1.29 is 14.1 Å². The summed E-state index contributed by atoms with van der Waals surface area (Å²) in [5.41, 5.74) is 2.25. The van der Waals surface area contributed by atoms with Gasteiger partial charge in [0.15, 0.2) is 0 Å². The van der Waals surface area contributed by atoms with E-state index in [2.05, 4.69) is 16.7 Å². The van der Waals surface area contributed by atoms with Gasteiger partial charge in [0.05, 0.1) is 13.7 Å². The van der Waals surface area contributed by atoms with Crippen LogP contribution in [0, 0.1) is 0 Å². The van der Waals surface area contributed by atoms with Crippen LogP contribution in [0.1, 0.15) is 21.8 Å². The Morgan fingerprint density at radius 3 is 2.71 bits per heavy atom. The summed E-state index contributed by atoms with van der Waals surface area (Å²) in [6, 6.07) is 12.5. The molecule has 0 fully saturated rings. The first-order chi connectivity index (χ1) is 13.5. The molecule has 0 saturated heterocycles. The van der Waals surface area contributed by atoms with Gasteiger partial charge in [-0.25, -0.2) is 0 Å². The van der Waals surface area contributed by atoms with E-state index in [9.17, 15) is 4.79 Å². The minimum atomic E-state index is -0.154. The predicted octanol–water partition coefficient (Wildman–Crippen LogP) is 4.40. The summed E-state index contributed by atoms with van der Waals surface area (Å²) in [7, 11) is 3.29. The van der Waals surface area contributed by atoms with Gasteiger partial charge in [-0.05, 0) is 54.4 Å². The molecule has 2 aromatic carbocycles. The van der Waals surface area contributed by atoms with Gasteiger partial charge in [0.2, 0.25) is 11.7 Å². The van der Waals surface area contributed by atoms with Crippen molar-refractivity contribution in [3.05, 3.63) is 77.2 Å². The normalized spacial score (nSPS) is 10.5. The number of hydrogen-bond acceptors (Lipinski definition) is 5. The topological polar surface area (TPSA) is 68.5 Å². The zero-order chi connectivity index (χ0) is 20.1. The molecule has 3 rings (SSSR count). The molecule has 0 unspecified atom stereocenters. The largest absolute Gasteiger partial charge is 0.496 e. The Kier molecular flexibility index (Phi) is 6.11. The molecule has 0 aliphatic heterocycles. The molecule has 7 heteroatoms. The van der Waals surface area contributed by atoms with Crippen molar-refractivity contribution in [1.29, 1.82) is 0 Å². The Bertz CT molecular complexity index is 983. The highest BCUT2D eigenvalue weighted by atomic mass is 35.5. The Labute approximate surface area is 168 Å². The van der Waals surface area contributed by atoms with Crippen LogP contribution in [-0.2, 0) is 13.0 Å². The molecule has 144 valence electrons. The van der Waals surface area contributed by atoms with Crippen LogP contribution >= 0.6 is 11.6 Å². The Balaban J connectivity index is 1.73. The van der Waals surface area contributed by atoms with Gasteiger partial charge in [-0.1, -0.05) is 22.8 Å². The van der Waals surface area contributed by atoms with Gasteiger partial charge in [0, 0.05) is 23.2 Å². The number of allylic oxidation sites excluding steroid dienone is 1. The van der Waals surface area contributed by atoms with Crippen LogP contribution in [-0.4, -0.2) is 35.1 Å². The Morgan fingerprint density at radius 1 is 1.29 bits per heavy atom. The second-order valence-electron chi connectivity index (χ2n) is 6.20. The van der Waals surface area contributed by atoms with Crippen molar-refractivity contribution in [2.24, 2.45) is 0 Å². The number of nitrogens with zero attached hydrogens (tertiary/aromatic N) is 3. The lowest BCUT2D eigenvalue weighted by atomic mass is 10.1. The van der Waals surface area contributed by atoms with Crippen molar-refractivity contribution >= 4 is 17.5 Å². The molecule has 1 amide bonds. The smallest absolute Gasteiger partial charge is 0.254 e. The number of carbonyl (C=O) groups excluding carboxylic acids is 1. The zero-order valence-electron chi connectivity index (χ0n) is 15.7. The fourth-order valence-corrected chi connectivity index (χ4v) is 2.88. The lowest BCUT2D eigenvalue weighted by molar-refractivity contribution is 0.0769. The highest BCUT2D eigenvalue weighted by Gasteiger charge is 2.17. The Hall–Kier alpha value is -3.12. The van der Waals surface area contributed by atoms with Gasteiger partial charge in [-0.3, -0.25) is 4.79 Å². The molecule has 0 N–H and O–H groups in total. The monoisotopic (exact) mass is 397 g/mol. The maximum Gasteiger partial charge on any atom is 0.254 e. The first kappa shape index (κ1) is 19.6. The van der Waals surface area contributed by atoms with E-state index < -0.39 is 0 Å². The first-order valence-corrected chi connectivity index (χ1v) is 9.01. The van der Waals surface area contributed by atoms with Gasteiger partial charge >= 0.3 is 0 Å². The summed E-state index contributed by atoms with van der Waals surface area (Å²) in [6.45, 7) is 3.94. The fraction of sp³-hybridized carbons (Fsp3) is 0.190. The van der Waals surface area contributed by atoms with Gasteiger partial charge in [-0.15, -0.1) is 6.58 Å². The summed E-state index contributed by atoms with van der Waals surface area (Å²) in [6.07, 6.45) is 2.38. The number of hydrogen-bond donors (Lipinski definition) is 0. The first-order valence-electron chi connectivity index (χ1n) is 8.63. The van der Waals surface area contributed by atoms with Crippen molar-refractivity contribution in [3.8, 4) is 17.1 Å². The van der Waals surface area contributed by atoms with E-state index in [0.29, 0.717) is 28.7 Å². The highest BCUT2D eigenvalue weighted by molar-refractivity contribution is 6.30. The lowest BCUT2D eigenvalue weighted by Crippen LogP contribution is -2.26. The molecule has 0 bridgehead atoms. The standard InChI is InChI=1S/C21H20ClN3O3/c1-4-5-15-12-16(8-11-18(15)27-3)21(26)25(2)13-19-23-20(24-28-19)14-6-9-17(22)10-7-14/h4,6-12H,1,5,13H2,2-3H3. The van der Waals surface area contributed by atoms with E-state index in [-0.39, 0.29) is 12.5 Å². The number of amides is 1. The van der Waals surface area contributed by atoms with Crippen molar-refractivity contribution in [1.82, 2.24) is 15.0 Å². The number of halogens is 1. The molecule has 0 radical (unpaired) electrons. The van der Waals surface area contributed by atoms with Gasteiger partial charge in [-0.2, -0.15) is 4.98 Å². The predicted molar refractivity (Wildman–Crippen MR) is 107 cm³/mol. The average molecular weight is 398 g/mol. The fourth-order valence-electron chi connectivity index (χ4n) is 2.76. The zero-order valence-corrected chi connectivity index (χ0v) is 16.4. The van der Waals surface area contributed by atoms with E-state index in [0.717, 1.165) is 16.9 Å². The number of ether oxygens (including phenoxy) is 1. The summed E-state index contributed by atoms with van der Waals surface area (Å²) in [5.74, 6) is 1.37. The molecular formula is C21H20ClN3O3. The number of benzene rings is 2. The molecule has 1 aromatic heterocycles. The van der Waals surface area contributed by atoms with Crippen LogP contribution in [0.2, 0.25) is 5.02 Å². The Morgan fingerprint density at radius 2 is 2.04 bits per heavy atom. The molecule has 0 saturated carbocycles. The van der Waals surface area contributed by atoms with Crippen molar-refractivity contribution in [2.45, 2.75) is 13.0 Å². The van der Waals surface area contributed by atoms with E-state index >= 15 is 0 Å². The quantitative estimate of drug-likeness (QED) is 0.553. The van der Waals surface area contributed by atoms with Crippen LogP contribution in [0.5, 0.6) is 5.75 Å². The summed E-state index contributed by atoms with van der Waals surface area (Å²) >= 11 is 5.89.